The van der Waals surface area contributed by atoms with Crippen molar-refractivity contribution in [3.63, 3.8) is 0 Å². The SMILES string of the molecule is CNS(=O)(=O)Nc1cc(Br)ccc1C#N. The van der Waals surface area contributed by atoms with E-state index in [0.29, 0.717) is 4.47 Å². The molecule has 0 saturated carbocycles. The molecule has 15 heavy (non-hydrogen) atoms. The lowest BCUT2D eigenvalue weighted by Crippen LogP contribution is -2.26. The Morgan fingerprint density at radius 1 is 1.47 bits per heavy atom. The molecule has 1 aromatic rings. The second-order valence-corrected chi connectivity index (χ2v) is 5.15. The summed E-state index contributed by atoms with van der Waals surface area (Å²) in [5, 5.41) is 8.76. The second kappa shape index (κ2) is 4.61. The quantitative estimate of drug-likeness (QED) is 0.877. The molecule has 0 saturated heterocycles. The van der Waals surface area contributed by atoms with Crippen molar-refractivity contribution < 1.29 is 8.42 Å². The minimum Gasteiger partial charge on any atom is -0.270 e. The first-order valence-corrected chi connectivity index (χ1v) is 6.17. The molecule has 0 aliphatic carbocycles. The topological polar surface area (TPSA) is 82.0 Å². The average molecular weight is 290 g/mol. The molecule has 0 amide bonds. The molecule has 1 aromatic carbocycles. The lowest BCUT2D eigenvalue weighted by atomic mass is 10.2. The minimum atomic E-state index is -3.59. The molecule has 0 spiro atoms. The van der Waals surface area contributed by atoms with Gasteiger partial charge in [0.05, 0.1) is 11.3 Å². The molecule has 7 heteroatoms. The van der Waals surface area contributed by atoms with Gasteiger partial charge in [-0.25, -0.2) is 4.72 Å². The maximum Gasteiger partial charge on any atom is 0.298 e. The van der Waals surface area contributed by atoms with Crippen molar-refractivity contribution in [1.29, 1.82) is 5.26 Å². The van der Waals surface area contributed by atoms with Crippen molar-refractivity contribution >= 4 is 31.8 Å². The summed E-state index contributed by atoms with van der Waals surface area (Å²) in [5.41, 5.74) is 0.498. The first-order chi connectivity index (χ1) is 6.98. The van der Waals surface area contributed by atoms with E-state index in [9.17, 15) is 8.42 Å². The van der Waals surface area contributed by atoms with E-state index in [1.807, 2.05) is 6.07 Å². The highest BCUT2D eigenvalue weighted by atomic mass is 79.9. The van der Waals surface area contributed by atoms with Gasteiger partial charge in [0, 0.05) is 11.5 Å². The molecule has 2 N–H and O–H groups in total. The molecule has 0 aliphatic heterocycles. The van der Waals surface area contributed by atoms with Gasteiger partial charge in [0.25, 0.3) is 10.2 Å². The van der Waals surface area contributed by atoms with Crippen LogP contribution in [0, 0.1) is 11.3 Å². The molecule has 0 atom stereocenters. The molecular weight excluding hydrogens is 282 g/mol. The summed E-state index contributed by atoms with van der Waals surface area (Å²) in [7, 11) is -2.31. The van der Waals surface area contributed by atoms with E-state index in [0.717, 1.165) is 0 Å². The van der Waals surface area contributed by atoms with Gasteiger partial charge in [-0.3, -0.25) is 4.72 Å². The number of hydrogen-bond acceptors (Lipinski definition) is 3. The van der Waals surface area contributed by atoms with Crippen LogP contribution in [0.2, 0.25) is 0 Å². The van der Waals surface area contributed by atoms with E-state index in [1.165, 1.54) is 19.2 Å². The Hall–Kier alpha value is -1.10. The van der Waals surface area contributed by atoms with Crippen LogP contribution >= 0.6 is 15.9 Å². The summed E-state index contributed by atoms with van der Waals surface area (Å²) >= 11 is 3.19. The zero-order valence-electron chi connectivity index (χ0n) is 7.78. The summed E-state index contributed by atoms with van der Waals surface area (Å²) in [6.45, 7) is 0. The number of benzene rings is 1. The number of nitrogens with one attached hydrogen (secondary N) is 2. The van der Waals surface area contributed by atoms with Crippen LogP contribution in [0.25, 0.3) is 0 Å². The van der Waals surface area contributed by atoms with E-state index in [-0.39, 0.29) is 11.3 Å². The Labute approximate surface area is 96.4 Å². The summed E-state index contributed by atoms with van der Waals surface area (Å²) in [5.74, 6) is 0. The highest BCUT2D eigenvalue weighted by molar-refractivity contribution is 9.10. The number of nitrogens with zero attached hydrogens (tertiary/aromatic N) is 1. The monoisotopic (exact) mass is 289 g/mol. The first-order valence-electron chi connectivity index (χ1n) is 3.89. The predicted molar refractivity (Wildman–Crippen MR) is 60.5 cm³/mol. The first kappa shape index (κ1) is 12.0. The van der Waals surface area contributed by atoms with E-state index in [2.05, 4.69) is 25.4 Å². The zero-order chi connectivity index (χ0) is 11.5. The van der Waals surface area contributed by atoms with Gasteiger partial charge in [0.1, 0.15) is 6.07 Å². The smallest absolute Gasteiger partial charge is 0.270 e. The Kier molecular flexibility index (Phi) is 3.68. The molecule has 80 valence electrons. The number of anilines is 1. The fourth-order valence-corrected chi connectivity index (χ4v) is 1.82. The molecule has 0 unspecified atom stereocenters. The Bertz CT molecular complexity index is 507. The molecule has 0 fully saturated rings. The summed E-state index contributed by atoms with van der Waals surface area (Å²) < 4.78 is 27.4. The third-order valence-corrected chi connectivity index (χ3v) is 3.13. The third kappa shape index (κ3) is 3.20. The average Bonchev–Trinajstić information content (AvgIpc) is 2.18. The fraction of sp³-hybridized carbons (Fsp3) is 0.125. The molecule has 0 bridgehead atoms. The summed E-state index contributed by atoms with van der Waals surface area (Å²) in [6, 6.07) is 6.60. The highest BCUT2D eigenvalue weighted by Crippen LogP contribution is 2.21. The predicted octanol–water partition coefficient (Wildman–Crippen LogP) is 1.20. The zero-order valence-corrected chi connectivity index (χ0v) is 10.2. The fourth-order valence-electron chi connectivity index (χ4n) is 0.894. The lowest BCUT2D eigenvalue weighted by Gasteiger charge is -2.08. The van der Waals surface area contributed by atoms with Gasteiger partial charge in [-0.05, 0) is 18.2 Å². The Morgan fingerprint density at radius 3 is 2.67 bits per heavy atom. The van der Waals surface area contributed by atoms with Gasteiger partial charge in [-0.2, -0.15) is 13.7 Å². The van der Waals surface area contributed by atoms with Crippen LogP contribution in [0.15, 0.2) is 22.7 Å². The van der Waals surface area contributed by atoms with E-state index in [4.69, 9.17) is 5.26 Å². The van der Waals surface area contributed by atoms with Crippen molar-refractivity contribution in [3.05, 3.63) is 28.2 Å². The van der Waals surface area contributed by atoms with Crippen LogP contribution in [0.1, 0.15) is 5.56 Å². The maximum atomic E-state index is 11.2. The van der Waals surface area contributed by atoms with Crippen LogP contribution in [-0.2, 0) is 10.2 Å². The highest BCUT2D eigenvalue weighted by Gasteiger charge is 2.10. The van der Waals surface area contributed by atoms with Crippen LogP contribution in [0.5, 0.6) is 0 Å². The summed E-state index contributed by atoms with van der Waals surface area (Å²) in [6.07, 6.45) is 0. The lowest BCUT2D eigenvalue weighted by molar-refractivity contribution is 0.593. The van der Waals surface area contributed by atoms with Crippen LogP contribution in [-0.4, -0.2) is 15.5 Å². The molecule has 0 aliphatic rings. The second-order valence-electron chi connectivity index (χ2n) is 2.61. The molecule has 5 nitrogen and oxygen atoms in total. The van der Waals surface area contributed by atoms with Gasteiger partial charge in [0.2, 0.25) is 0 Å². The van der Waals surface area contributed by atoms with Gasteiger partial charge in [-0.1, -0.05) is 15.9 Å². The van der Waals surface area contributed by atoms with Gasteiger partial charge in [0.15, 0.2) is 0 Å². The Morgan fingerprint density at radius 2 is 2.13 bits per heavy atom. The molecule has 0 radical (unpaired) electrons. The Balaban J connectivity index is 3.15. The van der Waals surface area contributed by atoms with Crippen molar-refractivity contribution in [1.82, 2.24) is 4.72 Å². The number of rotatable bonds is 3. The van der Waals surface area contributed by atoms with Gasteiger partial charge >= 0.3 is 0 Å². The van der Waals surface area contributed by atoms with Crippen molar-refractivity contribution in [2.24, 2.45) is 0 Å². The van der Waals surface area contributed by atoms with Crippen LogP contribution < -0.4 is 9.44 Å². The van der Waals surface area contributed by atoms with E-state index in [1.54, 1.807) is 6.07 Å². The van der Waals surface area contributed by atoms with E-state index < -0.39 is 10.2 Å². The largest absolute Gasteiger partial charge is 0.298 e. The van der Waals surface area contributed by atoms with Crippen LogP contribution in [0.3, 0.4) is 0 Å². The van der Waals surface area contributed by atoms with Crippen LogP contribution in [0.4, 0.5) is 5.69 Å². The standard InChI is InChI=1S/C8H8BrN3O2S/c1-11-15(13,14)12-8-4-7(9)3-2-6(8)5-10/h2-4,11-12H,1H3. The third-order valence-electron chi connectivity index (χ3n) is 1.62. The van der Waals surface area contributed by atoms with Crippen molar-refractivity contribution in [2.75, 3.05) is 11.8 Å². The molecular formula is C8H8BrN3O2S. The van der Waals surface area contributed by atoms with Gasteiger partial charge < -0.3 is 0 Å². The van der Waals surface area contributed by atoms with E-state index >= 15 is 0 Å². The molecule has 0 heterocycles. The minimum absolute atomic E-state index is 0.237. The molecule has 0 aromatic heterocycles. The van der Waals surface area contributed by atoms with Gasteiger partial charge in [-0.15, -0.1) is 0 Å². The van der Waals surface area contributed by atoms with Crippen molar-refractivity contribution in [2.45, 2.75) is 0 Å². The molecule has 1 rings (SSSR count). The number of nitriles is 1. The number of hydrogen-bond donors (Lipinski definition) is 2. The van der Waals surface area contributed by atoms with Crippen molar-refractivity contribution in [3.8, 4) is 6.07 Å². The number of halogens is 1. The summed E-state index contributed by atoms with van der Waals surface area (Å²) in [4.78, 5) is 0. The normalized spacial score (nSPS) is 10.7. The maximum absolute atomic E-state index is 11.2.